The largest absolute Gasteiger partial charge is 0.326 e. The number of imide groups is 1. The van der Waals surface area contributed by atoms with Crippen molar-refractivity contribution in [3.05, 3.63) is 58.5 Å². The second-order valence-electron chi connectivity index (χ2n) is 5.61. The van der Waals surface area contributed by atoms with Gasteiger partial charge in [0.2, 0.25) is 0 Å². The summed E-state index contributed by atoms with van der Waals surface area (Å²) in [6.45, 7) is 6.18. The monoisotopic (exact) mass is 309 g/mol. The van der Waals surface area contributed by atoms with Gasteiger partial charge in [0.25, 0.3) is 5.91 Å². The molecule has 1 saturated heterocycles. The van der Waals surface area contributed by atoms with Crippen LogP contribution < -0.4 is 10.6 Å². The van der Waals surface area contributed by atoms with E-state index >= 15 is 0 Å². The first kappa shape index (κ1) is 15.1. The number of rotatable bonds is 3. The van der Waals surface area contributed by atoms with Gasteiger partial charge in [0, 0.05) is 17.1 Å². The van der Waals surface area contributed by atoms with Crippen LogP contribution in [0.1, 0.15) is 29.4 Å². The van der Waals surface area contributed by atoms with Crippen molar-refractivity contribution in [3.63, 3.8) is 0 Å². The fraction of sp³-hybridized carbons (Fsp3) is 0.222. The standard InChI is InChI=1S/C18H19N3O2/c1-4-13-7-5-6-8-16(13)21-11(2)9-14(12(21)3)10-15-17(22)20-18(23)19-15/h5-10H,4H2,1-3H3,(H2,19,20,22,23). The third-order valence-corrected chi connectivity index (χ3v) is 4.10. The highest BCUT2D eigenvalue weighted by Gasteiger charge is 2.23. The Bertz CT molecular complexity index is 831. The van der Waals surface area contributed by atoms with Gasteiger partial charge in [0.05, 0.1) is 0 Å². The summed E-state index contributed by atoms with van der Waals surface area (Å²) in [4.78, 5) is 22.9. The highest BCUT2D eigenvalue weighted by molar-refractivity contribution is 6.14. The lowest BCUT2D eigenvalue weighted by molar-refractivity contribution is -0.115. The summed E-state index contributed by atoms with van der Waals surface area (Å²) < 4.78 is 2.18. The molecular weight excluding hydrogens is 290 g/mol. The zero-order valence-corrected chi connectivity index (χ0v) is 13.4. The van der Waals surface area contributed by atoms with Gasteiger partial charge in [-0.25, -0.2) is 4.79 Å². The molecule has 0 aliphatic carbocycles. The number of amides is 3. The van der Waals surface area contributed by atoms with E-state index in [4.69, 9.17) is 0 Å². The van der Waals surface area contributed by atoms with E-state index in [9.17, 15) is 9.59 Å². The average Bonchev–Trinajstić information content (AvgIpc) is 2.98. The summed E-state index contributed by atoms with van der Waals surface area (Å²) in [5, 5.41) is 4.74. The first-order valence-electron chi connectivity index (χ1n) is 7.62. The Morgan fingerprint density at radius 1 is 1.13 bits per heavy atom. The maximum absolute atomic E-state index is 11.7. The molecule has 0 spiro atoms. The first-order chi connectivity index (χ1) is 11.0. The molecule has 1 fully saturated rings. The Morgan fingerprint density at radius 3 is 2.52 bits per heavy atom. The summed E-state index contributed by atoms with van der Waals surface area (Å²) in [5.41, 5.74) is 5.72. The van der Waals surface area contributed by atoms with Crippen molar-refractivity contribution in [1.29, 1.82) is 0 Å². The summed E-state index contributed by atoms with van der Waals surface area (Å²) in [6, 6.07) is 9.82. The first-order valence-corrected chi connectivity index (χ1v) is 7.62. The molecule has 1 aliphatic heterocycles. The molecule has 0 saturated carbocycles. The Morgan fingerprint density at radius 2 is 1.87 bits per heavy atom. The van der Waals surface area contributed by atoms with Gasteiger partial charge >= 0.3 is 6.03 Å². The molecule has 1 aromatic heterocycles. The number of carbonyl (C=O) groups excluding carboxylic acids is 2. The number of benzene rings is 1. The smallest absolute Gasteiger partial charge is 0.318 e. The van der Waals surface area contributed by atoms with E-state index in [0.29, 0.717) is 0 Å². The lowest BCUT2D eigenvalue weighted by Crippen LogP contribution is -2.22. The summed E-state index contributed by atoms with van der Waals surface area (Å²) in [6.07, 6.45) is 2.66. The van der Waals surface area contributed by atoms with Crippen LogP contribution in [0.2, 0.25) is 0 Å². The highest BCUT2D eigenvalue weighted by Crippen LogP contribution is 2.25. The van der Waals surface area contributed by atoms with Crippen LogP contribution in [0.5, 0.6) is 0 Å². The molecule has 118 valence electrons. The van der Waals surface area contributed by atoms with Crippen LogP contribution in [0, 0.1) is 13.8 Å². The predicted molar refractivity (Wildman–Crippen MR) is 89.3 cm³/mol. The molecule has 23 heavy (non-hydrogen) atoms. The molecule has 0 atom stereocenters. The molecule has 3 rings (SSSR count). The molecule has 3 amide bonds. The Balaban J connectivity index is 2.09. The third kappa shape index (κ3) is 2.65. The SMILES string of the molecule is CCc1ccccc1-n1c(C)cc(C=C2NC(=O)NC2=O)c1C. The Hall–Kier alpha value is -2.82. The minimum Gasteiger partial charge on any atom is -0.318 e. The number of carbonyl (C=O) groups is 2. The number of aryl methyl sites for hydroxylation is 2. The molecule has 2 N–H and O–H groups in total. The van der Waals surface area contributed by atoms with Crippen molar-refractivity contribution in [1.82, 2.24) is 15.2 Å². The van der Waals surface area contributed by atoms with E-state index in [1.54, 1.807) is 6.08 Å². The zero-order chi connectivity index (χ0) is 16.6. The Labute approximate surface area is 135 Å². The van der Waals surface area contributed by atoms with E-state index in [-0.39, 0.29) is 5.70 Å². The fourth-order valence-corrected chi connectivity index (χ4v) is 2.97. The van der Waals surface area contributed by atoms with Crippen LogP contribution >= 0.6 is 0 Å². The summed E-state index contributed by atoms with van der Waals surface area (Å²) in [7, 11) is 0. The summed E-state index contributed by atoms with van der Waals surface area (Å²) >= 11 is 0. The van der Waals surface area contributed by atoms with Crippen molar-refractivity contribution in [2.24, 2.45) is 0 Å². The maximum Gasteiger partial charge on any atom is 0.326 e. The van der Waals surface area contributed by atoms with Crippen molar-refractivity contribution in [2.45, 2.75) is 27.2 Å². The van der Waals surface area contributed by atoms with E-state index in [0.717, 1.165) is 29.1 Å². The van der Waals surface area contributed by atoms with E-state index < -0.39 is 11.9 Å². The lowest BCUT2D eigenvalue weighted by Gasteiger charge is -2.14. The number of hydrogen-bond acceptors (Lipinski definition) is 2. The van der Waals surface area contributed by atoms with Gasteiger partial charge in [0.1, 0.15) is 5.70 Å². The third-order valence-electron chi connectivity index (χ3n) is 4.10. The average molecular weight is 309 g/mol. The van der Waals surface area contributed by atoms with Crippen LogP contribution in [0.4, 0.5) is 4.79 Å². The van der Waals surface area contributed by atoms with Crippen molar-refractivity contribution in [2.75, 3.05) is 0 Å². The van der Waals surface area contributed by atoms with Gasteiger partial charge < -0.3 is 9.88 Å². The number of nitrogens with one attached hydrogen (secondary N) is 2. The number of hydrogen-bond donors (Lipinski definition) is 2. The van der Waals surface area contributed by atoms with Crippen LogP contribution in [-0.2, 0) is 11.2 Å². The van der Waals surface area contributed by atoms with E-state index in [2.05, 4.69) is 34.3 Å². The van der Waals surface area contributed by atoms with Crippen LogP contribution in [0.3, 0.4) is 0 Å². The van der Waals surface area contributed by atoms with Crippen molar-refractivity contribution >= 4 is 18.0 Å². The maximum atomic E-state index is 11.7. The minimum absolute atomic E-state index is 0.277. The second kappa shape index (κ2) is 5.76. The van der Waals surface area contributed by atoms with Crippen molar-refractivity contribution < 1.29 is 9.59 Å². The van der Waals surface area contributed by atoms with Gasteiger partial charge in [-0.15, -0.1) is 0 Å². The van der Waals surface area contributed by atoms with Crippen molar-refractivity contribution in [3.8, 4) is 5.69 Å². The molecule has 0 bridgehead atoms. The van der Waals surface area contributed by atoms with Gasteiger partial charge in [-0.1, -0.05) is 25.1 Å². The van der Waals surface area contributed by atoms with Crippen LogP contribution in [0.15, 0.2) is 36.0 Å². The molecule has 0 radical (unpaired) electrons. The molecule has 5 nitrogen and oxygen atoms in total. The van der Waals surface area contributed by atoms with Gasteiger partial charge in [-0.05, 0) is 49.6 Å². The summed E-state index contributed by atoms with van der Waals surface area (Å²) in [5.74, 6) is -0.395. The molecule has 2 heterocycles. The molecule has 2 aromatic rings. The molecule has 1 aromatic carbocycles. The number of nitrogens with zero attached hydrogens (tertiary/aromatic N) is 1. The minimum atomic E-state index is -0.480. The predicted octanol–water partition coefficient (Wildman–Crippen LogP) is 2.84. The van der Waals surface area contributed by atoms with Crippen LogP contribution in [0.25, 0.3) is 11.8 Å². The Kier molecular flexibility index (Phi) is 3.78. The highest BCUT2D eigenvalue weighted by atomic mass is 16.2. The number of urea groups is 1. The number of para-hydroxylation sites is 1. The quantitative estimate of drug-likeness (QED) is 0.676. The molecule has 0 unspecified atom stereocenters. The fourth-order valence-electron chi connectivity index (χ4n) is 2.97. The topological polar surface area (TPSA) is 63.1 Å². The molecule has 5 heteroatoms. The van der Waals surface area contributed by atoms with Gasteiger partial charge in [0.15, 0.2) is 0 Å². The lowest BCUT2D eigenvalue weighted by atomic mass is 10.1. The molecular formula is C18H19N3O2. The van der Waals surface area contributed by atoms with E-state index in [1.807, 2.05) is 32.0 Å². The molecule has 1 aliphatic rings. The zero-order valence-electron chi connectivity index (χ0n) is 13.4. The van der Waals surface area contributed by atoms with E-state index in [1.165, 1.54) is 5.56 Å². The normalized spacial score (nSPS) is 15.9. The second-order valence-corrected chi connectivity index (χ2v) is 5.61. The van der Waals surface area contributed by atoms with Crippen LogP contribution in [-0.4, -0.2) is 16.5 Å². The van der Waals surface area contributed by atoms with Gasteiger partial charge in [-0.2, -0.15) is 0 Å². The number of aromatic nitrogens is 1. The van der Waals surface area contributed by atoms with Gasteiger partial charge in [-0.3, -0.25) is 10.1 Å².